The molecule has 1 saturated carbocycles. The topological polar surface area (TPSA) is 46.6 Å². The zero-order chi connectivity index (χ0) is 17.3. The van der Waals surface area contributed by atoms with E-state index in [0.29, 0.717) is 18.1 Å². The molecule has 1 saturated heterocycles. The van der Waals surface area contributed by atoms with Gasteiger partial charge in [0.2, 0.25) is 0 Å². The highest BCUT2D eigenvalue weighted by Crippen LogP contribution is 2.61. The third kappa shape index (κ3) is 5.01. The van der Waals surface area contributed by atoms with Gasteiger partial charge in [-0.2, -0.15) is 0 Å². The standard InChI is InChI=1S/C18H32NO3P/c1-17(2,3)19-12-11-18(4,5)22-23(19,21)13-7-9-15-8-6-10-16(20)14-15/h7,13,15H,6,8-12,14H2,1-5H3/b13-7+. The molecule has 2 atom stereocenters. The Balaban J connectivity index is 2.10. The van der Waals surface area contributed by atoms with Crippen LogP contribution < -0.4 is 0 Å². The van der Waals surface area contributed by atoms with Crippen molar-refractivity contribution in [3.63, 3.8) is 0 Å². The number of carbonyl (C=O) groups is 1. The van der Waals surface area contributed by atoms with Crippen molar-refractivity contribution in [2.75, 3.05) is 6.54 Å². The van der Waals surface area contributed by atoms with E-state index in [1.165, 1.54) is 0 Å². The number of nitrogens with zero attached hydrogens (tertiary/aromatic N) is 1. The Hall–Kier alpha value is -0.440. The van der Waals surface area contributed by atoms with Gasteiger partial charge in [-0.1, -0.05) is 6.08 Å². The van der Waals surface area contributed by atoms with Gasteiger partial charge in [0.05, 0.1) is 5.60 Å². The van der Waals surface area contributed by atoms with E-state index in [-0.39, 0.29) is 11.1 Å². The van der Waals surface area contributed by atoms with Crippen LogP contribution in [-0.2, 0) is 13.9 Å². The first-order valence-corrected chi connectivity index (χ1v) is 10.4. The lowest BCUT2D eigenvalue weighted by Gasteiger charge is -2.47. The van der Waals surface area contributed by atoms with Crippen LogP contribution >= 0.6 is 7.52 Å². The quantitative estimate of drug-likeness (QED) is 0.667. The van der Waals surface area contributed by atoms with E-state index in [1.54, 1.807) is 5.82 Å². The van der Waals surface area contributed by atoms with Crippen molar-refractivity contribution >= 4 is 13.3 Å². The summed E-state index contributed by atoms with van der Waals surface area (Å²) in [4.78, 5) is 11.6. The van der Waals surface area contributed by atoms with Crippen LogP contribution in [0.3, 0.4) is 0 Å². The number of ketones is 1. The molecule has 0 spiro atoms. The molecule has 5 heteroatoms. The Morgan fingerprint density at radius 2 is 2.09 bits per heavy atom. The normalized spacial score (nSPS) is 33.3. The van der Waals surface area contributed by atoms with Gasteiger partial charge in [0.15, 0.2) is 0 Å². The van der Waals surface area contributed by atoms with Crippen LogP contribution in [0, 0.1) is 5.92 Å². The van der Waals surface area contributed by atoms with Crippen molar-refractivity contribution in [2.24, 2.45) is 5.92 Å². The zero-order valence-electron chi connectivity index (χ0n) is 15.3. The summed E-state index contributed by atoms with van der Waals surface area (Å²) in [6.07, 6.45) is 7.17. The average molecular weight is 341 g/mol. The molecule has 1 aliphatic heterocycles. The van der Waals surface area contributed by atoms with Crippen molar-refractivity contribution in [1.29, 1.82) is 0 Å². The zero-order valence-corrected chi connectivity index (χ0v) is 16.2. The van der Waals surface area contributed by atoms with E-state index in [9.17, 15) is 9.36 Å². The second kappa shape index (κ2) is 6.82. The van der Waals surface area contributed by atoms with Gasteiger partial charge < -0.3 is 4.52 Å². The van der Waals surface area contributed by atoms with Crippen molar-refractivity contribution in [3.05, 3.63) is 11.9 Å². The SMILES string of the molecule is CC1(C)CCN(C(C)(C)C)P(=O)(/C=C/CC2CCCC(=O)C2)O1. The molecule has 0 aromatic carbocycles. The number of hydrogen-bond acceptors (Lipinski definition) is 3. The predicted molar refractivity (Wildman–Crippen MR) is 94.6 cm³/mol. The van der Waals surface area contributed by atoms with Gasteiger partial charge in [0, 0.05) is 30.7 Å². The summed E-state index contributed by atoms with van der Waals surface area (Å²) >= 11 is 0. The Bertz CT molecular complexity index is 519. The number of rotatable bonds is 3. The van der Waals surface area contributed by atoms with E-state index in [0.717, 1.165) is 38.6 Å². The Labute approximate surface area is 141 Å². The van der Waals surface area contributed by atoms with E-state index >= 15 is 0 Å². The summed E-state index contributed by atoms with van der Waals surface area (Å²) in [6, 6.07) is 0. The lowest BCUT2D eigenvalue weighted by molar-refractivity contribution is -0.121. The summed E-state index contributed by atoms with van der Waals surface area (Å²) in [7, 11) is -2.98. The molecule has 23 heavy (non-hydrogen) atoms. The van der Waals surface area contributed by atoms with Gasteiger partial charge in [0.25, 0.3) is 7.52 Å². The monoisotopic (exact) mass is 341 g/mol. The first-order chi connectivity index (χ1) is 10.5. The summed E-state index contributed by atoms with van der Waals surface area (Å²) in [5.41, 5.74) is -0.556. The molecule has 4 nitrogen and oxygen atoms in total. The largest absolute Gasteiger partial charge is 0.308 e. The second-order valence-corrected chi connectivity index (χ2v) is 10.7. The fourth-order valence-electron chi connectivity index (χ4n) is 3.53. The minimum atomic E-state index is -2.98. The van der Waals surface area contributed by atoms with Crippen LogP contribution in [0.15, 0.2) is 11.9 Å². The summed E-state index contributed by atoms with van der Waals surface area (Å²) in [5.74, 6) is 2.56. The van der Waals surface area contributed by atoms with Crippen molar-refractivity contribution in [2.45, 2.75) is 84.3 Å². The maximum atomic E-state index is 13.5. The number of allylic oxidation sites excluding steroid dienone is 1. The maximum Gasteiger partial charge on any atom is 0.295 e. The molecule has 0 aromatic heterocycles. The average Bonchev–Trinajstić information content (AvgIpc) is 2.35. The van der Waals surface area contributed by atoms with E-state index < -0.39 is 7.52 Å². The second-order valence-electron chi connectivity index (χ2n) is 8.58. The molecular weight excluding hydrogens is 309 g/mol. The maximum absolute atomic E-state index is 13.5. The van der Waals surface area contributed by atoms with E-state index in [4.69, 9.17) is 4.52 Å². The molecule has 1 heterocycles. The molecule has 132 valence electrons. The molecule has 1 aliphatic carbocycles. The molecule has 0 bridgehead atoms. The van der Waals surface area contributed by atoms with Gasteiger partial charge in [-0.3, -0.25) is 9.36 Å². The van der Waals surface area contributed by atoms with Gasteiger partial charge in [-0.05, 0) is 66.2 Å². The van der Waals surface area contributed by atoms with Crippen molar-refractivity contribution < 1.29 is 13.9 Å². The van der Waals surface area contributed by atoms with Gasteiger partial charge >= 0.3 is 0 Å². The van der Waals surface area contributed by atoms with E-state index in [1.807, 2.05) is 24.6 Å². The molecular formula is C18H32NO3P. The highest BCUT2D eigenvalue weighted by atomic mass is 31.2. The lowest BCUT2D eigenvalue weighted by Crippen LogP contribution is -2.46. The van der Waals surface area contributed by atoms with Crippen LogP contribution in [0.1, 0.15) is 73.1 Å². The summed E-state index contributed by atoms with van der Waals surface area (Å²) in [6.45, 7) is 11.0. The Morgan fingerprint density at radius 1 is 1.39 bits per heavy atom. The van der Waals surface area contributed by atoms with Crippen LogP contribution in [-0.4, -0.2) is 28.1 Å². The van der Waals surface area contributed by atoms with Crippen molar-refractivity contribution in [1.82, 2.24) is 4.67 Å². The molecule has 0 radical (unpaired) electrons. The fourth-order valence-corrected chi connectivity index (χ4v) is 6.25. The van der Waals surface area contributed by atoms with Gasteiger partial charge in [-0.25, -0.2) is 4.67 Å². The van der Waals surface area contributed by atoms with Gasteiger partial charge in [0.1, 0.15) is 5.78 Å². The number of carbonyl (C=O) groups excluding carboxylic acids is 1. The van der Waals surface area contributed by atoms with Crippen LogP contribution in [0.4, 0.5) is 0 Å². The first kappa shape index (κ1) is 18.9. The Morgan fingerprint density at radius 3 is 2.70 bits per heavy atom. The number of Topliss-reactive ketones (excluding diaryl/α,β-unsaturated/α-hetero) is 1. The molecule has 2 unspecified atom stereocenters. The Kier molecular flexibility index (Phi) is 5.60. The first-order valence-electron chi connectivity index (χ1n) is 8.80. The summed E-state index contributed by atoms with van der Waals surface area (Å²) in [5, 5.41) is 0. The van der Waals surface area contributed by atoms with Crippen LogP contribution in [0.5, 0.6) is 0 Å². The van der Waals surface area contributed by atoms with Crippen LogP contribution in [0.25, 0.3) is 0 Å². The predicted octanol–water partition coefficient (Wildman–Crippen LogP) is 5.14. The minimum absolute atomic E-state index is 0.197. The van der Waals surface area contributed by atoms with Gasteiger partial charge in [-0.15, -0.1) is 0 Å². The lowest BCUT2D eigenvalue weighted by atomic mass is 9.86. The molecule has 2 aliphatic rings. The molecule has 2 rings (SSSR count). The van der Waals surface area contributed by atoms with E-state index in [2.05, 4.69) is 20.8 Å². The van der Waals surface area contributed by atoms with Crippen molar-refractivity contribution in [3.8, 4) is 0 Å². The number of hydrogen-bond donors (Lipinski definition) is 0. The molecule has 2 fully saturated rings. The molecule has 0 N–H and O–H groups in total. The smallest absolute Gasteiger partial charge is 0.295 e. The van der Waals surface area contributed by atoms with Crippen LogP contribution in [0.2, 0.25) is 0 Å². The highest BCUT2D eigenvalue weighted by molar-refractivity contribution is 7.59. The summed E-state index contributed by atoms with van der Waals surface area (Å²) < 4.78 is 21.5. The molecule has 0 aromatic rings. The highest BCUT2D eigenvalue weighted by Gasteiger charge is 2.45. The minimum Gasteiger partial charge on any atom is -0.308 e. The molecule has 0 amide bonds. The fraction of sp³-hybridized carbons (Fsp3) is 0.833. The third-order valence-corrected chi connectivity index (χ3v) is 7.58. The third-order valence-electron chi connectivity index (χ3n) is 4.76.